The van der Waals surface area contributed by atoms with Crippen LogP contribution in [0.5, 0.6) is 0 Å². The van der Waals surface area contributed by atoms with Gasteiger partial charge in [0.1, 0.15) is 5.76 Å². The number of allylic oxidation sites excluding steroid dienone is 1. The van der Waals surface area contributed by atoms with Gasteiger partial charge in [-0.15, -0.1) is 0 Å². The van der Waals surface area contributed by atoms with Crippen molar-refractivity contribution in [3.63, 3.8) is 0 Å². The van der Waals surface area contributed by atoms with Crippen LogP contribution in [0, 0.1) is 5.92 Å². The molecule has 0 amide bonds. The minimum Gasteiger partial charge on any atom is -0.544 e. The van der Waals surface area contributed by atoms with Crippen molar-refractivity contribution in [1.29, 1.82) is 0 Å². The van der Waals surface area contributed by atoms with Crippen molar-refractivity contribution in [3.05, 3.63) is 11.8 Å². The van der Waals surface area contributed by atoms with E-state index < -0.39 is 22.5 Å². The highest BCUT2D eigenvalue weighted by molar-refractivity contribution is 6.78. The second-order valence-corrected chi connectivity index (χ2v) is 19.9. The van der Waals surface area contributed by atoms with Gasteiger partial charge in [-0.2, -0.15) is 0 Å². The summed E-state index contributed by atoms with van der Waals surface area (Å²) in [6.45, 7) is 19.1. The average molecular weight is 355 g/mol. The van der Waals surface area contributed by atoms with Gasteiger partial charge in [-0.05, 0) is 42.1 Å². The predicted octanol–water partition coefficient (Wildman–Crippen LogP) is 4.98. The molecule has 1 aliphatic carbocycles. The van der Waals surface area contributed by atoms with Gasteiger partial charge in [0, 0.05) is 13.0 Å². The van der Waals surface area contributed by atoms with Gasteiger partial charge < -0.3 is 9.16 Å². The molecule has 0 radical (unpaired) electrons. The van der Waals surface area contributed by atoms with Gasteiger partial charge in [0.05, 0.1) is 8.07 Å². The lowest BCUT2D eigenvalue weighted by atomic mass is 9.97. The fourth-order valence-electron chi connectivity index (χ4n) is 3.34. The van der Waals surface area contributed by atoms with E-state index >= 15 is 0 Å². The summed E-state index contributed by atoms with van der Waals surface area (Å²) in [5.41, 5.74) is 0.500. The molecule has 0 aromatic carbocycles. The summed E-state index contributed by atoms with van der Waals surface area (Å²) >= 11 is 0. The van der Waals surface area contributed by atoms with Crippen LogP contribution in [0.25, 0.3) is 0 Å². The number of fused-ring (bicyclic) bond motifs is 3. The Balaban J connectivity index is 2.43. The molecule has 1 heterocycles. The topological polar surface area (TPSA) is 35.5 Å². The molecule has 2 bridgehead atoms. The van der Waals surface area contributed by atoms with E-state index in [1.54, 1.807) is 0 Å². The highest BCUT2D eigenvalue weighted by atomic mass is 28.4. The maximum Gasteiger partial charge on any atom is 0.250 e. The molecular weight excluding hydrogens is 320 g/mol. The molecule has 0 saturated carbocycles. The van der Waals surface area contributed by atoms with E-state index in [1.807, 2.05) is 0 Å². The third kappa shape index (κ3) is 3.99. The minimum absolute atomic E-state index is 0.117. The van der Waals surface area contributed by atoms with Crippen molar-refractivity contribution in [2.75, 3.05) is 6.61 Å². The molecule has 1 saturated heterocycles. The molecule has 1 fully saturated rings. The number of ketones is 1. The Labute approximate surface area is 144 Å². The van der Waals surface area contributed by atoms with Gasteiger partial charge in [0.2, 0.25) is 8.32 Å². The fourth-order valence-corrected chi connectivity index (χ4v) is 6.77. The zero-order valence-corrected chi connectivity index (χ0v) is 18.2. The standard InChI is InChI=1S/C18H34O3Si2/c1-18(2,3)23(7,8)21-15-12-16(22(4,5)6)13-9-10-20-17(15)14(19)11-13/h12-13,16-17H,9-11H2,1-8H3/t13-,16-,17+/m0/s1. The number of ether oxygens (including phenoxy) is 1. The summed E-state index contributed by atoms with van der Waals surface area (Å²) in [7, 11) is -3.38. The third-order valence-electron chi connectivity index (χ3n) is 5.82. The average Bonchev–Trinajstić information content (AvgIpc) is 2.58. The molecule has 5 heteroatoms. The quantitative estimate of drug-likeness (QED) is 0.671. The highest BCUT2D eigenvalue weighted by Crippen LogP contribution is 2.45. The molecule has 0 unspecified atom stereocenters. The maximum atomic E-state index is 12.7. The van der Waals surface area contributed by atoms with E-state index in [0.29, 0.717) is 24.5 Å². The van der Waals surface area contributed by atoms with Gasteiger partial charge in [-0.3, -0.25) is 4.79 Å². The van der Waals surface area contributed by atoms with Crippen molar-refractivity contribution in [3.8, 4) is 0 Å². The molecule has 3 nitrogen and oxygen atoms in total. The van der Waals surface area contributed by atoms with Gasteiger partial charge in [-0.25, -0.2) is 0 Å². The van der Waals surface area contributed by atoms with Crippen LogP contribution in [0.2, 0.25) is 43.3 Å². The summed E-state index contributed by atoms with van der Waals surface area (Å²) in [5.74, 6) is 1.48. The van der Waals surface area contributed by atoms with Gasteiger partial charge in [-0.1, -0.05) is 40.4 Å². The van der Waals surface area contributed by atoms with Crippen molar-refractivity contribution in [2.24, 2.45) is 5.92 Å². The largest absolute Gasteiger partial charge is 0.544 e. The normalized spacial score (nSPS) is 29.8. The fraction of sp³-hybridized carbons (Fsp3) is 0.833. The van der Waals surface area contributed by atoms with E-state index in [2.05, 4.69) is 59.6 Å². The molecule has 2 rings (SSSR count). The van der Waals surface area contributed by atoms with Crippen LogP contribution in [-0.4, -0.2) is 34.9 Å². The van der Waals surface area contributed by atoms with Crippen LogP contribution in [0.4, 0.5) is 0 Å². The number of carbonyl (C=O) groups excluding carboxylic acids is 1. The lowest BCUT2D eigenvalue weighted by molar-refractivity contribution is -0.128. The Morgan fingerprint density at radius 2 is 1.78 bits per heavy atom. The Kier molecular flexibility index (Phi) is 5.07. The molecular formula is C18H34O3Si2. The number of rotatable bonds is 3. The summed E-state index contributed by atoms with van der Waals surface area (Å²) in [4.78, 5) is 12.7. The van der Waals surface area contributed by atoms with Gasteiger partial charge >= 0.3 is 0 Å². The first-order valence-electron chi connectivity index (χ1n) is 8.88. The van der Waals surface area contributed by atoms with E-state index in [9.17, 15) is 4.79 Å². The Bertz CT molecular complexity index is 497. The minimum atomic E-state index is -1.97. The maximum absolute atomic E-state index is 12.7. The number of carbonyl (C=O) groups is 1. The second kappa shape index (κ2) is 6.15. The lowest BCUT2D eigenvalue weighted by Crippen LogP contribution is -2.43. The van der Waals surface area contributed by atoms with Crippen LogP contribution < -0.4 is 0 Å². The van der Waals surface area contributed by atoms with E-state index in [4.69, 9.17) is 9.16 Å². The lowest BCUT2D eigenvalue weighted by Gasteiger charge is -2.39. The van der Waals surface area contributed by atoms with Crippen LogP contribution >= 0.6 is 0 Å². The summed E-state index contributed by atoms with van der Waals surface area (Å²) in [6.07, 6.45) is 3.49. The molecule has 3 atom stereocenters. The number of Topliss-reactive ketones (excluding diaryl/α,β-unsaturated/α-hetero) is 1. The number of hydrogen-bond donors (Lipinski definition) is 0. The first-order valence-corrected chi connectivity index (χ1v) is 15.4. The molecule has 0 N–H and O–H groups in total. The molecule has 132 valence electrons. The molecule has 1 aliphatic heterocycles. The SMILES string of the molecule is CC(C)(C)[Si](C)(C)OC1=C[C@H]([Si](C)(C)C)[C@H]2CCO[C@@H]1C(=O)C2. The predicted molar refractivity (Wildman–Crippen MR) is 101 cm³/mol. The van der Waals surface area contributed by atoms with Gasteiger partial charge in [0.25, 0.3) is 0 Å². The zero-order chi connectivity index (χ0) is 17.6. The molecule has 0 spiro atoms. The van der Waals surface area contributed by atoms with Crippen molar-refractivity contribution in [2.45, 2.75) is 83.0 Å². The second-order valence-electron chi connectivity index (χ2n) is 9.79. The molecule has 23 heavy (non-hydrogen) atoms. The van der Waals surface area contributed by atoms with E-state index in [0.717, 1.165) is 12.2 Å². The highest BCUT2D eigenvalue weighted by Gasteiger charge is 2.46. The zero-order valence-electron chi connectivity index (χ0n) is 16.2. The number of hydrogen-bond acceptors (Lipinski definition) is 3. The molecule has 0 aromatic rings. The monoisotopic (exact) mass is 354 g/mol. The molecule has 0 aromatic heterocycles. The van der Waals surface area contributed by atoms with Crippen molar-refractivity contribution >= 4 is 22.2 Å². The molecule has 2 aliphatic rings. The van der Waals surface area contributed by atoms with Crippen molar-refractivity contribution < 1.29 is 14.0 Å². The Hall–Kier alpha value is -0.396. The van der Waals surface area contributed by atoms with Crippen molar-refractivity contribution in [1.82, 2.24) is 0 Å². The van der Waals surface area contributed by atoms with Crippen LogP contribution in [0.15, 0.2) is 11.8 Å². The van der Waals surface area contributed by atoms with E-state index in [-0.39, 0.29) is 10.8 Å². The summed E-state index contributed by atoms with van der Waals surface area (Å²) < 4.78 is 12.5. The van der Waals surface area contributed by atoms with Crippen LogP contribution in [0.1, 0.15) is 33.6 Å². The summed E-state index contributed by atoms with van der Waals surface area (Å²) in [5, 5.41) is 0.117. The smallest absolute Gasteiger partial charge is 0.250 e. The van der Waals surface area contributed by atoms with E-state index in [1.165, 1.54) is 0 Å². The first-order chi connectivity index (χ1) is 10.3. The Morgan fingerprint density at radius 3 is 2.30 bits per heavy atom. The first kappa shape index (κ1) is 18.9. The van der Waals surface area contributed by atoms with Gasteiger partial charge in [0.15, 0.2) is 11.9 Å². The third-order valence-corrected chi connectivity index (χ3v) is 12.8. The van der Waals surface area contributed by atoms with Crippen LogP contribution in [0.3, 0.4) is 0 Å². The van der Waals surface area contributed by atoms with Crippen LogP contribution in [-0.2, 0) is 14.0 Å². The Morgan fingerprint density at radius 1 is 1.17 bits per heavy atom. The summed E-state index contributed by atoms with van der Waals surface area (Å²) in [6, 6.07) is 0.